The lowest BCUT2D eigenvalue weighted by molar-refractivity contribution is 0.831. The van der Waals surface area contributed by atoms with Crippen LogP contribution in [0.1, 0.15) is 19.8 Å². The summed E-state index contributed by atoms with van der Waals surface area (Å²) >= 11 is 0. The highest BCUT2D eigenvalue weighted by Crippen LogP contribution is 2.20. The van der Waals surface area contributed by atoms with Crippen LogP contribution in [0.25, 0.3) is 11.1 Å². The van der Waals surface area contributed by atoms with Crippen LogP contribution < -0.4 is 11.1 Å². The number of nitrogen functional groups attached to an aromatic ring is 1. The standard InChI is InChI=1S/C15H19N3/c1-2-3-10-17-15-9-6-13(11-18-15)12-4-7-14(16)8-5-12/h4-9,11H,2-3,10,16H2,1H3,(H,17,18). The molecule has 0 atom stereocenters. The van der Waals surface area contributed by atoms with E-state index in [-0.39, 0.29) is 0 Å². The molecular weight excluding hydrogens is 222 g/mol. The van der Waals surface area contributed by atoms with Gasteiger partial charge in [0.05, 0.1) is 0 Å². The molecule has 18 heavy (non-hydrogen) atoms. The number of nitrogens with two attached hydrogens (primary N) is 1. The topological polar surface area (TPSA) is 50.9 Å². The average Bonchev–Trinajstić information content (AvgIpc) is 2.41. The van der Waals surface area contributed by atoms with Crippen LogP contribution in [0.15, 0.2) is 42.6 Å². The van der Waals surface area contributed by atoms with Crippen molar-refractivity contribution in [1.82, 2.24) is 4.98 Å². The van der Waals surface area contributed by atoms with E-state index in [2.05, 4.69) is 23.3 Å². The Balaban J connectivity index is 2.05. The van der Waals surface area contributed by atoms with E-state index in [1.807, 2.05) is 36.5 Å². The van der Waals surface area contributed by atoms with Crippen LogP contribution in [-0.4, -0.2) is 11.5 Å². The fraction of sp³-hybridized carbons (Fsp3) is 0.267. The highest BCUT2D eigenvalue weighted by Gasteiger charge is 1.98. The average molecular weight is 241 g/mol. The third-order valence-corrected chi connectivity index (χ3v) is 2.84. The van der Waals surface area contributed by atoms with Crippen LogP contribution >= 0.6 is 0 Å². The number of pyridine rings is 1. The summed E-state index contributed by atoms with van der Waals surface area (Å²) in [4.78, 5) is 4.41. The Bertz CT molecular complexity index is 474. The minimum atomic E-state index is 0.782. The molecule has 0 bridgehead atoms. The van der Waals surface area contributed by atoms with Gasteiger partial charge in [0.2, 0.25) is 0 Å². The molecule has 0 fully saturated rings. The van der Waals surface area contributed by atoms with Crippen LogP contribution in [0.5, 0.6) is 0 Å². The van der Waals surface area contributed by atoms with E-state index in [1.54, 1.807) is 0 Å². The number of nitrogens with zero attached hydrogens (tertiary/aromatic N) is 1. The second-order valence-electron chi connectivity index (χ2n) is 4.33. The first kappa shape index (κ1) is 12.4. The molecule has 94 valence electrons. The largest absolute Gasteiger partial charge is 0.399 e. The Labute approximate surface area is 108 Å². The predicted octanol–water partition coefficient (Wildman–Crippen LogP) is 3.54. The smallest absolute Gasteiger partial charge is 0.125 e. The quantitative estimate of drug-likeness (QED) is 0.622. The number of rotatable bonds is 5. The highest BCUT2D eigenvalue weighted by molar-refractivity contribution is 5.65. The Kier molecular flexibility index (Phi) is 4.18. The van der Waals surface area contributed by atoms with Crippen molar-refractivity contribution in [2.75, 3.05) is 17.6 Å². The molecule has 2 aromatic rings. The van der Waals surface area contributed by atoms with Crippen molar-refractivity contribution >= 4 is 11.5 Å². The van der Waals surface area contributed by atoms with Crippen LogP contribution in [-0.2, 0) is 0 Å². The van der Waals surface area contributed by atoms with Gasteiger partial charge in [-0.25, -0.2) is 4.98 Å². The summed E-state index contributed by atoms with van der Waals surface area (Å²) in [6, 6.07) is 11.9. The first-order valence-corrected chi connectivity index (χ1v) is 6.35. The van der Waals surface area contributed by atoms with Gasteiger partial charge in [0.1, 0.15) is 5.82 Å². The van der Waals surface area contributed by atoms with Crippen molar-refractivity contribution in [1.29, 1.82) is 0 Å². The summed E-state index contributed by atoms with van der Waals surface area (Å²) in [5.74, 6) is 0.933. The lowest BCUT2D eigenvalue weighted by atomic mass is 10.1. The molecule has 0 aliphatic rings. The summed E-state index contributed by atoms with van der Waals surface area (Å²) in [5.41, 5.74) is 8.70. The Morgan fingerprint density at radius 1 is 1.06 bits per heavy atom. The molecule has 0 saturated carbocycles. The van der Waals surface area contributed by atoms with Crippen molar-refractivity contribution in [3.05, 3.63) is 42.6 Å². The normalized spacial score (nSPS) is 10.3. The maximum absolute atomic E-state index is 5.67. The molecule has 0 amide bonds. The van der Waals surface area contributed by atoms with E-state index in [9.17, 15) is 0 Å². The molecule has 0 unspecified atom stereocenters. The third-order valence-electron chi connectivity index (χ3n) is 2.84. The van der Waals surface area contributed by atoms with Crippen molar-refractivity contribution in [3.63, 3.8) is 0 Å². The molecular formula is C15H19N3. The van der Waals surface area contributed by atoms with Crippen molar-refractivity contribution in [2.45, 2.75) is 19.8 Å². The van der Waals surface area contributed by atoms with Gasteiger partial charge in [-0.05, 0) is 36.2 Å². The van der Waals surface area contributed by atoms with E-state index < -0.39 is 0 Å². The van der Waals surface area contributed by atoms with Gasteiger partial charge >= 0.3 is 0 Å². The highest BCUT2D eigenvalue weighted by atomic mass is 15.0. The molecule has 1 heterocycles. The SMILES string of the molecule is CCCCNc1ccc(-c2ccc(N)cc2)cn1. The number of benzene rings is 1. The maximum atomic E-state index is 5.67. The zero-order valence-electron chi connectivity index (χ0n) is 10.7. The summed E-state index contributed by atoms with van der Waals surface area (Å²) in [7, 11) is 0. The first-order chi connectivity index (χ1) is 8.79. The van der Waals surface area contributed by atoms with Gasteiger partial charge < -0.3 is 11.1 Å². The minimum Gasteiger partial charge on any atom is -0.399 e. The van der Waals surface area contributed by atoms with Crippen LogP contribution in [0, 0.1) is 0 Å². The number of anilines is 2. The number of aromatic nitrogens is 1. The predicted molar refractivity (Wildman–Crippen MR) is 77.5 cm³/mol. The molecule has 0 saturated heterocycles. The van der Waals surface area contributed by atoms with Gasteiger partial charge in [-0.15, -0.1) is 0 Å². The van der Waals surface area contributed by atoms with Gasteiger partial charge in [0, 0.05) is 24.0 Å². The maximum Gasteiger partial charge on any atom is 0.125 e. The summed E-state index contributed by atoms with van der Waals surface area (Å²) in [6.07, 6.45) is 4.25. The molecule has 1 aromatic carbocycles. The van der Waals surface area contributed by atoms with Crippen molar-refractivity contribution in [2.24, 2.45) is 0 Å². The molecule has 0 aliphatic carbocycles. The molecule has 0 spiro atoms. The fourth-order valence-electron chi connectivity index (χ4n) is 1.74. The zero-order chi connectivity index (χ0) is 12.8. The number of hydrogen-bond acceptors (Lipinski definition) is 3. The van der Waals surface area contributed by atoms with E-state index in [4.69, 9.17) is 5.73 Å². The lowest BCUT2D eigenvalue weighted by Gasteiger charge is -2.06. The zero-order valence-corrected chi connectivity index (χ0v) is 10.7. The van der Waals surface area contributed by atoms with Crippen LogP contribution in [0.2, 0.25) is 0 Å². The fourth-order valence-corrected chi connectivity index (χ4v) is 1.74. The number of nitrogens with one attached hydrogen (secondary N) is 1. The molecule has 0 aliphatic heterocycles. The van der Waals surface area contributed by atoms with Crippen molar-refractivity contribution < 1.29 is 0 Å². The Morgan fingerprint density at radius 3 is 2.39 bits per heavy atom. The number of unbranched alkanes of at least 4 members (excludes halogenated alkanes) is 1. The van der Waals surface area contributed by atoms with Gasteiger partial charge in [0.15, 0.2) is 0 Å². The Hall–Kier alpha value is -2.03. The molecule has 2 rings (SSSR count). The summed E-state index contributed by atoms with van der Waals surface area (Å²) in [5, 5.41) is 3.30. The van der Waals surface area contributed by atoms with E-state index in [0.29, 0.717) is 0 Å². The number of hydrogen-bond donors (Lipinski definition) is 2. The second-order valence-corrected chi connectivity index (χ2v) is 4.33. The molecule has 0 radical (unpaired) electrons. The third kappa shape index (κ3) is 3.23. The molecule has 3 nitrogen and oxygen atoms in total. The Morgan fingerprint density at radius 2 is 1.78 bits per heavy atom. The second kappa shape index (κ2) is 6.05. The minimum absolute atomic E-state index is 0.782. The van der Waals surface area contributed by atoms with Gasteiger partial charge in [-0.1, -0.05) is 25.5 Å². The molecule has 3 heteroatoms. The van der Waals surface area contributed by atoms with E-state index >= 15 is 0 Å². The van der Waals surface area contributed by atoms with E-state index in [1.165, 1.54) is 12.8 Å². The summed E-state index contributed by atoms with van der Waals surface area (Å²) < 4.78 is 0. The van der Waals surface area contributed by atoms with Crippen LogP contribution in [0.4, 0.5) is 11.5 Å². The van der Waals surface area contributed by atoms with E-state index in [0.717, 1.165) is 29.2 Å². The summed E-state index contributed by atoms with van der Waals surface area (Å²) in [6.45, 7) is 3.16. The lowest BCUT2D eigenvalue weighted by Crippen LogP contribution is -2.02. The van der Waals surface area contributed by atoms with Crippen LogP contribution in [0.3, 0.4) is 0 Å². The molecule has 1 aromatic heterocycles. The van der Waals surface area contributed by atoms with Gasteiger partial charge in [-0.3, -0.25) is 0 Å². The first-order valence-electron chi connectivity index (χ1n) is 6.35. The van der Waals surface area contributed by atoms with Gasteiger partial charge in [0.25, 0.3) is 0 Å². The monoisotopic (exact) mass is 241 g/mol. The van der Waals surface area contributed by atoms with Gasteiger partial charge in [-0.2, -0.15) is 0 Å². The molecule has 3 N–H and O–H groups in total. The van der Waals surface area contributed by atoms with Crippen molar-refractivity contribution in [3.8, 4) is 11.1 Å².